The summed E-state index contributed by atoms with van der Waals surface area (Å²) in [6, 6.07) is 9.29. The molecule has 4 nitrogen and oxygen atoms in total. The zero-order valence-corrected chi connectivity index (χ0v) is 16.4. The molecule has 1 aliphatic heterocycles. The maximum Gasteiger partial charge on any atom is 0.339 e. The van der Waals surface area contributed by atoms with Crippen molar-refractivity contribution >= 4 is 41.1 Å². The highest BCUT2D eigenvalue weighted by molar-refractivity contribution is 6.34. The van der Waals surface area contributed by atoms with Gasteiger partial charge in [-0.1, -0.05) is 29.3 Å². The minimum absolute atomic E-state index is 0.286. The second-order valence-electron chi connectivity index (χ2n) is 6.88. The van der Waals surface area contributed by atoms with Crippen molar-refractivity contribution < 1.29 is 14.3 Å². The monoisotopic (exact) mass is 403 g/mol. The van der Waals surface area contributed by atoms with Gasteiger partial charge in [0.05, 0.1) is 22.6 Å². The molecule has 0 aromatic heterocycles. The highest BCUT2D eigenvalue weighted by atomic mass is 35.5. The Bertz CT molecular complexity index is 941. The number of aliphatic imine (C=N–C) groups is 1. The standard InChI is InChI=1S/C21H19Cl2NO3/c1-2-26-20(25)15-9-18-19(10-17(15)23)27-12-21(11-24-18)7-3-4-13-8-14(22)5-6-16(13)21/h5-6,8-11H,2-4,7,12H2,1H3/t21-/m0/s1. The molecule has 0 N–H and O–H groups in total. The largest absolute Gasteiger partial charge is 0.490 e. The summed E-state index contributed by atoms with van der Waals surface area (Å²) < 4.78 is 11.2. The van der Waals surface area contributed by atoms with E-state index in [1.807, 2.05) is 18.3 Å². The molecule has 2 aromatic carbocycles. The van der Waals surface area contributed by atoms with Crippen LogP contribution in [-0.4, -0.2) is 25.4 Å². The number of hydrogen-bond acceptors (Lipinski definition) is 4. The molecule has 0 saturated carbocycles. The molecule has 1 aliphatic carbocycles. The van der Waals surface area contributed by atoms with Gasteiger partial charge in [-0.3, -0.25) is 4.99 Å². The lowest BCUT2D eigenvalue weighted by Gasteiger charge is -2.35. The molecule has 6 heteroatoms. The van der Waals surface area contributed by atoms with Crippen LogP contribution in [0.5, 0.6) is 5.75 Å². The average Bonchev–Trinajstić information content (AvgIpc) is 2.82. The summed E-state index contributed by atoms with van der Waals surface area (Å²) >= 11 is 12.4. The maximum atomic E-state index is 12.1. The normalized spacial score (nSPS) is 20.4. The molecule has 140 valence electrons. The fraction of sp³-hybridized carbons (Fsp3) is 0.333. The van der Waals surface area contributed by atoms with Crippen LogP contribution in [0.25, 0.3) is 0 Å². The Morgan fingerprint density at radius 1 is 1.30 bits per heavy atom. The fourth-order valence-corrected chi connectivity index (χ4v) is 4.26. The lowest BCUT2D eigenvalue weighted by atomic mass is 9.71. The summed E-state index contributed by atoms with van der Waals surface area (Å²) in [5, 5.41) is 1.04. The van der Waals surface area contributed by atoms with Crippen LogP contribution in [0.15, 0.2) is 35.3 Å². The van der Waals surface area contributed by atoms with Gasteiger partial charge in [-0.2, -0.15) is 0 Å². The zero-order chi connectivity index (χ0) is 19.0. The number of esters is 1. The predicted octanol–water partition coefficient (Wildman–Crippen LogP) is 5.54. The molecular formula is C21H19Cl2NO3. The molecule has 1 heterocycles. The van der Waals surface area contributed by atoms with Gasteiger partial charge in [0.1, 0.15) is 18.0 Å². The molecule has 2 aliphatic rings. The van der Waals surface area contributed by atoms with Crippen molar-refractivity contribution in [1.29, 1.82) is 0 Å². The second kappa shape index (κ2) is 7.17. The topological polar surface area (TPSA) is 47.9 Å². The lowest BCUT2D eigenvalue weighted by molar-refractivity contribution is 0.0526. The van der Waals surface area contributed by atoms with Gasteiger partial charge in [-0.05, 0) is 55.5 Å². The van der Waals surface area contributed by atoms with Crippen molar-refractivity contribution in [2.75, 3.05) is 13.2 Å². The first-order chi connectivity index (χ1) is 13.0. The summed E-state index contributed by atoms with van der Waals surface area (Å²) in [5.74, 6) is 0.111. The first-order valence-electron chi connectivity index (χ1n) is 9.00. The van der Waals surface area contributed by atoms with Gasteiger partial charge >= 0.3 is 5.97 Å². The highest BCUT2D eigenvalue weighted by Crippen LogP contribution is 2.43. The molecule has 0 unspecified atom stereocenters. The number of nitrogens with zero attached hydrogens (tertiary/aromatic N) is 1. The van der Waals surface area contributed by atoms with Gasteiger partial charge in [0.2, 0.25) is 0 Å². The Morgan fingerprint density at radius 3 is 2.96 bits per heavy atom. The molecule has 2 aromatic rings. The van der Waals surface area contributed by atoms with E-state index in [9.17, 15) is 4.79 Å². The van der Waals surface area contributed by atoms with E-state index in [2.05, 4.69) is 11.1 Å². The van der Waals surface area contributed by atoms with Gasteiger partial charge in [-0.15, -0.1) is 0 Å². The SMILES string of the molecule is CCOC(=O)c1cc2c(cc1Cl)OC[C@@]1(C=N2)CCCc2cc(Cl)ccc21. The van der Waals surface area contributed by atoms with E-state index in [0.717, 1.165) is 24.3 Å². The zero-order valence-electron chi connectivity index (χ0n) is 14.9. The molecule has 4 rings (SSSR count). The Kier molecular flexibility index (Phi) is 4.87. The number of benzene rings is 2. The van der Waals surface area contributed by atoms with E-state index in [0.29, 0.717) is 28.6 Å². The molecular weight excluding hydrogens is 385 g/mol. The van der Waals surface area contributed by atoms with Gasteiger partial charge in [0.15, 0.2) is 0 Å². The van der Waals surface area contributed by atoms with Crippen LogP contribution in [0.4, 0.5) is 5.69 Å². The summed E-state index contributed by atoms with van der Waals surface area (Å²) in [6.45, 7) is 2.51. The number of carbonyl (C=O) groups excluding carboxylic acids is 1. The van der Waals surface area contributed by atoms with Gasteiger partial charge in [-0.25, -0.2) is 4.79 Å². The second-order valence-corrected chi connectivity index (χ2v) is 7.72. The minimum Gasteiger partial charge on any atom is -0.490 e. The average molecular weight is 404 g/mol. The van der Waals surface area contributed by atoms with E-state index < -0.39 is 5.97 Å². The Hall–Kier alpha value is -2.04. The van der Waals surface area contributed by atoms with Crippen molar-refractivity contribution in [1.82, 2.24) is 0 Å². The quantitative estimate of drug-likeness (QED) is 0.618. The van der Waals surface area contributed by atoms with Crippen LogP contribution in [-0.2, 0) is 16.6 Å². The smallest absolute Gasteiger partial charge is 0.339 e. The number of aryl methyl sites for hydroxylation is 1. The molecule has 0 fully saturated rings. The van der Waals surface area contributed by atoms with E-state index in [1.165, 1.54) is 11.1 Å². The first kappa shape index (κ1) is 18.3. The molecule has 0 radical (unpaired) electrons. The van der Waals surface area contributed by atoms with Gasteiger partial charge in [0.25, 0.3) is 0 Å². The fourth-order valence-electron chi connectivity index (χ4n) is 3.83. The van der Waals surface area contributed by atoms with Crippen LogP contribution in [0.2, 0.25) is 10.0 Å². The number of ether oxygens (including phenoxy) is 2. The number of hydrogen-bond donors (Lipinski definition) is 0. The molecule has 0 saturated heterocycles. The maximum absolute atomic E-state index is 12.1. The molecule has 1 atom stereocenters. The van der Waals surface area contributed by atoms with Crippen LogP contribution in [0, 0.1) is 0 Å². The third-order valence-corrected chi connectivity index (χ3v) is 5.70. The number of carbonyl (C=O) groups is 1. The molecule has 0 amide bonds. The number of halogens is 2. The first-order valence-corrected chi connectivity index (χ1v) is 9.75. The Morgan fingerprint density at radius 2 is 2.15 bits per heavy atom. The van der Waals surface area contributed by atoms with Crippen molar-refractivity contribution in [3.63, 3.8) is 0 Å². The summed E-state index contributed by atoms with van der Waals surface area (Å²) in [4.78, 5) is 16.8. The van der Waals surface area contributed by atoms with Crippen LogP contribution < -0.4 is 4.74 Å². The van der Waals surface area contributed by atoms with Crippen molar-refractivity contribution in [2.24, 2.45) is 4.99 Å². The number of rotatable bonds is 2. The van der Waals surface area contributed by atoms with E-state index in [-0.39, 0.29) is 12.0 Å². The molecule has 27 heavy (non-hydrogen) atoms. The third-order valence-electron chi connectivity index (χ3n) is 5.15. The number of fused-ring (bicyclic) bond motifs is 3. The van der Waals surface area contributed by atoms with Crippen molar-refractivity contribution in [3.05, 3.63) is 57.1 Å². The van der Waals surface area contributed by atoms with Crippen LogP contribution in [0.1, 0.15) is 41.3 Å². The van der Waals surface area contributed by atoms with Gasteiger partial charge < -0.3 is 9.47 Å². The van der Waals surface area contributed by atoms with Gasteiger partial charge in [0, 0.05) is 17.3 Å². The van der Waals surface area contributed by atoms with Crippen LogP contribution >= 0.6 is 23.2 Å². The predicted molar refractivity (Wildman–Crippen MR) is 107 cm³/mol. The van der Waals surface area contributed by atoms with E-state index in [1.54, 1.807) is 19.1 Å². The third kappa shape index (κ3) is 3.32. The summed E-state index contributed by atoms with van der Waals surface area (Å²) in [6.07, 6.45) is 4.93. The van der Waals surface area contributed by atoms with Crippen molar-refractivity contribution in [3.8, 4) is 5.75 Å². The lowest BCUT2D eigenvalue weighted by Crippen LogP contribution is -2.38. The minimum atomic E-state index is -0.461. The Balaban J connectivity index is 1.74. The van der Waals surface area contributed by atoms with Crippen molar-refractivity contribution in [2.45, 2.75) is 31.6 Å². The summed E-state index contributed by atoms with van der Waals surface area (Å²) in [5.41, 5.74) is 3.00. The Labute approximate surface area is 168 Å². The summed E-state index contributed by atoms with van der Waals surface area (Å²) in [7, 11) is 0. The molecule has 1 spiro atoms. The van der Waals surface area contributed by atoms with Crippen LogP contribution in [0.3, 0.4) is 0 Å². The van der Waals surface area contributed by atoms with E-state index in [4.69, 9.17) is 32.7 Å². The highest BCUT2D eigenvalue weighted by Gasteiger charge is 2.38. The van der Waals surface area contributed by atoms with E-state index >= 15 is 0 Å². The molecule has 0 bridgehead atoms.